The van der Waals surface area contributed by atoms with Crippen molar-refractivity contribution in [3.8, 4) is 0 Å². The van der Waals surface area contributed by atoms with Crippen molar-refractivity contribution in [3.05, 3.63) is 92.9 Å². The van der Waals surface area contributed by atoms with E-state index in [1.807, 2.05) is 37.6 Å². The summed E-state index contributed by atoms with van der Waals surface area (Å²) in [7, 11) is 0. The number of non-ortho nitro benzene ring substituents is 1. The van der Waals surface area contributed by atoms with Crippen LogP contribution < -0.4 is 11.5 Å². The molecule has 0 amide bonds. The maximum atomic E-state index is 11.2. The quantitative estimate of drug-likeness (QED) is 0.0415. The van der Waals surface area contributed by atoms with Gasteiger partial charge in [-0.15, -0.1) is 35.3 Å². The maximum absolute atomic E-state index is 11.2. The second-order valence-corrected chi connectivity index (χ2v) is 14.4. The monoisotopic (exact) mass is 750 g/mol. The summed E-state index contributed by atoms with van der Waals surface area (Å²) in [6.07, 6.45) is 6.39. The molecule has 0 aliphatic carbocycles. The Bertz CT molecular complexity index is 2210. The number of benzene rings is 3. The maximum Gasteiger partial charge on any atom is 0.320 e. The lowest BCUT2D eigenvalue weighted by molar-refractivity contribution is -0.383. The molecule has 0 saturated carbocycles. The molecule has 0 bridgehead atoms. The number of fused-ring (bicyclic) bond motifs is 3. The van der Waals surface area contributed by atoms with Gasteiger partial charge in [-0.25, -0.2) is 0 Å². The van der Waals surface area contributed by atoms with E-state index in [2.05, 4.69) is 52.4 Å². The van der Waals surface area contributed by atoms with Gasteiger partial charge in [0, 0.05) is 61.4 Å². The third kappa shape index (κ3) is 8.91. The lowest BCUT2D eigenvalue weighted by Crippen LogP contribution is -2.32. The molecule has 0 spiro atoms. The van der Waals surface area contributed by atoms with Crippen LogP contribution in [-0.2, 0) is 22.4 Å². The van der Waals surface area contributed by atoms with E-state index in [1.165, 1.54) is 39.3 Å². The Labute approximate surface area is 307 Å². The molecule has 0 fully saturated rings. The van der Waals surface area contributed by atoms with Gasteiger partial charge in [-0.2, -0.15) is 0 Å². The van der Waals surface area contributed by atoms with Crippen molar-refractivity contribution in [2.75, 3.05) is 18.8 Å². The summed E-state index contributed by atoms with van der Waals surface area (Å²) < 4.78 is 0. The van der Waals surface area contributed by atoms with Crippen molar-refractivity contribution in [3.63, 3.8) is 0 Å². The van der Waals surface area contributed by atoms with Crippen molar-refractivity contribution < 1.29 is 24.7 Å². The number of rotatable bonds is 10. The van der Waals surface area contributed by atoms with Crippen molar-refractivity contribution in [2.24, 2.45) is 11.5 Å². The third-order valence-corrected chi connectivity index (χ3v) is 10.8. The number of nitrogens with one attached hydrogen (secondary N) is 3. The summed E-state index contributed by atoms with van der Waals surface area (Å²) in [5.41, 5.74) is 18.6. The second-order valence-electron chi connectivity index (χ2n) is 11.8. The molecule has 0 saturated heterocycles. The highest BCUT2D eigenvalue weighted by Crippen LogP contribution is 2.37. The number of aromatic nitrogens is 3. The molecule has 6 rings (SSSR count). The minimum absolute atomic E-state index is 0.0415. The van der Waals surface area contributed by atoms with Gasteiger partial charge in [-0.3, -0.25) is 19.7 Å². The van der Waals surface area contributed by atoms with Gasteiger partial charge in [0.05, 0.1) is 26.9 Å². The molecule has 12 nitrogen and oxygen atoms in total. The average Bonchev–Trinajstić information content (AvgIpc) is 3.75. The number of para-hydroxylation sites is 2. The van der Waals surface area contributed by atoms with E-state index in [-0.39, 0.29) is 12.1 Å². The van der Waals surface area contributed by atoms with E-state index in [0.717, 1.165) is 32.0 Å². The molecule has 3 aromatic carbocycles. The number of H-pyrrole nitrogens is 3. The van der Waals surface area contributed by atoms with Crippen molar-refractivity contribution in [2.45, 2.75) is 60.4 Å². The number of nitrogens with two attached hydrogens (primary N) is 2. The number of nitrogens with zero attached hydrogens (tertiary/aromatic N) is 1. The van der Waals surface area contributed by atoms with Gasteiger partial charge in [0.25, 0.3) is 5.69 Å². The van der Waals surface area contributed by atoms with Crippen LogP contribution in [0.5, 0.6) is 0 Å². The Balaban J connectivity index is 0.000000177. The Morgan fingerprint density at radius 2 is 1.25 bits per heavy atom. The number of nitro groups is 1. The summed E-state index contributed by atoms with van der Waals surface area (Å²) in [6, 6.07) is 15.8. The Morgan fingerprint density at radius 3 is 1.82 bits per heavy atom. The van der Waals surface area contributed by atoms with E-state index >= 15 is 0 Å². The summed E-state index contributed by atoms with van der Waals surface area (Å²) in [6.45, 7) is 5.80. The number of aryl methyl sites for hydroxylation is 3. The van der Waals surface area contributed by atoms with Gasteiger partial charge in [0.2, 0.25) is 0 Å². The normalized spacial score (nSPS) is 12.2. The van der Waals surface area contributed by atoms with Gasteiger partial charge in [0.1, 0.15) is 12.1 Å². The molecule has 0 radical (unpaired) electrons. The Hall–Kier alpha value is -4.41. The first-order chi connectivity index (χ1) is 24.2. The number of aliphatic carboxylic acids is 2. The predicted octanol–water partition coefficient (Wildman–Crippen LogP) is 7.41. The summed E-state index contributed by atoms with van der Waals surface area (Å²) in [5, 5.41) is 31.9. The fourth-order valence-corrected chi connectivity index (χ4v) is 7.62. The highest BCUT2D eigenvalue weighted by Gasteiger charge is 2.24. The smallest absolute Gasteiger partial charge is 0.320 e. The first-order valence-electron chi connectivity index (χ1n) is 15.8. The molecule has 6 aromatic rings. The molecule has 0 aliphatic rings. The molecule has 51 heavy (non-hydrogen) atoms. The van der Waals surface area contributed by atoms with Crippen LogP contribution in [0.25, 0.3) is 32.7 Å². The number of carbonyl (C=O) groups is 2. The number of hydrogen-bond acceptors (Lipinski definition) is 9. The van der Waals surface area contributed by atoms with Gasteiger partial charge in [-0.1, -0.05) is 24.3 Å². The van der Waals surface area contributed by atoms with E-state index in [0.29, 0.717) is 28.6 Å². The molecular weight excluding hydrogens is 709 g/mol. The molecule has 3 aromatic heterocycles. The molecule has 0 aliphatic heterocycles. The van der Waals surface area contributed by atoms with Crippen molar-refractivity contribution in [1.29, 1.82) is 0 Å². The molecule has 3 heterocycles. The zero-order chi connectivity index (χ0) is 37.6. The first-order valence-corrected chi connectivity index (χ1v) is 19.4. The summed E-state index contributed by atoms with van der Waals surface area (Å²) in [5.74, 6) is -2.10. The molecule has 9 N–H and O–H groups in total. The number of carboxylic acids is 2. The van der Waals surface area contributed by atoms with Crippen LogP contribution in [0, 0.1) is 30.9 Å². The summed E-state index contributed by atoms with van der Waals surface area (Å²) in [4.78, 5) is 45.7. The topological polar surface area (TPSA) is 217 Å². The zero-order valence-corrected chi connectivity index (χ0v) is 31.6. The van der Waals surface area contributed by atoms with Gasteiger partial charge < -0.3 is 36.6 Å². The van der Waals surface area contributed by atoms with Crippen molar-refractivity contribution in [1.82, 2.24) is 15.0 Å². The summed E-state index contributed by atoms with van der Waals surface area (Å²) >= 11 is 4.91. The number of hydrogen-bond donors (Lipinski definition) is 7. The molecule has 15 heteroatoms. The van der Waals surface area contributed by atoms with Crippen LogP contribution in [-0.4, -0.2) is 72.9 Å². The SMILES string of the molecule is CSc1ccc([N+](=O)[O-])c2c(CC(N)C(=O)O)c(C)[nH]c12.CSc1cccc2c(CC(N)C(=O)O)c(C)[nH]c12.CSc1cccc2cc(C)[nH]c12. The first kappa shape index (κ1) is 39.4. The Morgan fingerprint density at radius 1 is 0.745 bits per heavy atom. The van der Waals surface area contributed by atoms with Crippen LogP contribution in [0.3, 0.4) is 0 Å². The predicted molar refractivity (Wildman–Crippen MR) is 210 cm³/mol. The van der Waals surface area contributed by atoms with E-state index in [1.54, 1.807) is 36.5 Å². The second kappa shape index (κ2) is 17.2. The minimum Gasteiger partial charge on any atom is -0.480 e. The minimum atomic E-state index is -1.13. The fraction of sp³-hybridized carbons (Fsp3) is 0.278. The van der Waals surface area contributed by atoms with Crippen LogP contribution in [0.4, 0.5) is 5.69 Å². The number of carboxylic acid groups (broad SMARTS) is 2. The van der Waals surface area contributed by atoms with Crippen LogP contribution in [0.2, 0.25) is 0 Å². The zero-order valence-electron chi connectivity index (χ0n) is 29.1. The molecule has 2 unspecified atom stereocenters. The molecular formula is C36H42N6O6S3. The third-order valence-electron chi connectivity index (χ3n) is 8.42. The number of thioether (sulfide) groups is 3. The highest BCUT2D eigenvalue weighted by molar-refractivity contribution is 7.99. The van der Waals surface area contributed by atoms with Crippen LogP contribution >= 0.6 is 35.3 Å². The number of aromatic amines is 3. The van der Waals surface area contributed by atoms with Crippen LogP contribution in [0.15, 0.2) is 69.3 Å². The van der Waals surface area contributed by atoms with E-state index in [4.69, 9.17) is 21.7 Å². The number of nitro benzene ring substituents is 1. The molecule has 270 valence electrons. The van der Waals surface area contributed by atoms with Gasteiger partial charge in [-0.05, 0) is 74.9 Å². The van der Waals surface area contributed by atoms with E-state index < -0.39 is 28.9 Å². The lowest BCUT2D eigenvalue weighted by atomic mass is 10.0. The van der Waals surface area contributed by atoms with Gasteiger partial charge in [0.15, 0.2) is 0 Å². The van der Waals surface area contributed by atoms with Crippen molar-refractivity contribution >= 4 is 85.6 Å². The van der Waals surface area contributed by atoms with Gasteiger partial charge >= 0.3 is 11.9 Å². The van der Waals surface area contributed by atoms with E-state index in [9.17, 15) is 19.7 Å². The molecule has 2 atom stereocenters. The largest absolute Gasteiger partial charge is 0.480 e. The lowest BCUT2D eigenvalue weighted by Gasteiger charge is -2.07. The average molecular weight is 751 g/mol. The Kier molecular flexibility index (Phi) is 13.3. The van der Waals surface area contributed by atoms with Crippen LogP contribution in [0.1, 0.15) is 28.2 Å². The standard InChI is InChI=1S/C13H15N3O4S.C13H16N2O2S.C10H11NS/c1-6-7(5-8(14)13(17)18)11-9(16(19)20)3-4-10(21-2)12(11)15-6;1-7-9(6-10(14)13(16)17)8-4-3-5-11(18-2)12(8)15-7;1-7-6-8-4-3-5-9(12-2)10(8)11-7/h3-4,8,15H,5,14H2,1-2H3,(H,17,18);3-5,10,15H,6,14H2,1-2H3,(H,16,17);3-6,11H,1-2H3. The fourth-order valence-electron chi connectivity index (χ4n) is 5.89. The highest BCUT2D eigenvalue weighted by atomic mass is 32.2.